The summed E-state index contributed by atoms with van der Waals surface area (Å²) >= 11 is 0. The third-order valence-electron chi connectivity index (χ3n) is 2.62. The molecule has 0 aliphatic heterocycles. The van der Waals surface area contributed by atoms with Crippen LogP contribution in [0.3, 0.4) is 0 Å². The summed E-state index contributed by atoms with van der Waals surface area (Å²) < 4.78 is 5.07. The second kappa shape index (κ2) is 5.92. The number of pyridine rings is 1. The standard InChI is InChI=1S/C14H12N2O4/c1-2-14(17)20-13-7-11(8-15-9-13)10-4-3-5-12(6-10)16(18)19/h3-9H,2H2,1H3. The van der Waals surface area contributed by atoms with E-state index in [0.717, 1.165) is 0 Å². The number of benzene rings is 1. The zero-order valence-corrected chi connectivity index (χ0v) is 10.8. The topological polar surface area (TPSA) is 82.3 Å². The molecule has 1 aromatic heterocycles. The lowest BCUT2D eigenvalue weighted by Gasteiger charge is -2.05. The van der Waals surface area contributed by atoms with Crippen LogP contribution in [0.15, 0.2) is 42.7 Å². The highest BCUT2D eigenvalue weighted by atomic mass is 16.6. The Morgan fingerprint density at radius 3 is 2.80 bits per heavy atom. The molecule has 0 radical (unpaired) electrons. The molecule has 6 nitrogen and oxygen atoms in total. The largest absolute Gasteiger partial charge is 0.425 e. The maximum atomic E-state index is 11.2. The van der Waals surface area contributed by atoms with Crippen molar-refractivity contribution in [2.75, 3.05) is 0 Å². The quantitative estimate of drug-likeness (QED) is 0.485. The van der Waals surface area contributed by atoms with Gasteiger partial charge in [0.05, 0.1) is 11.1 Å². The minimum absolute atomic E-state index is 0.00143. The molecule has 6 heteroatoms. The average Bonchev–Trinajstić information content (AvgIpc) is 2.47. The van der Waals surface area contributed by atoms with E-state index in [1.807, 2.05) is 0 Å². The lowest BCUT2D eigenvalue weighted by molar-refractivity contribution is -0.384. The predicted molar refractivity (Wildman–Crippen MR) is 72.3 cm³/mol. The number of esters is 1. The molecule has 2 rings (SSSR count). The molecule has 0 fully saturated rings. The summed E-state index contributed by atoms with van der Waals surface area (Å²) in [6.07, 6.45) is 3.25. The van der Waals surface area contributed by atoms with E-state index in [9.17, 15) is 14.9 Å². The fourth-order valence-corrected chi connectivity index (χ4v) is 1.64. The van der Waals surface area contributed by atoms with Crippen LogP contribution in [-0.4, -0.2) is 15.9 Å². The van der Waals surface area contributed by atoms with Crippen LogP contribution in [-0.2, 0) is 4.79 Å². The highest BCUT2D eigenvalue weighted by Crippen LogP contribution is 2.25. The summed E-state index contributed by atoms with van der Waals surface area (Å²) in [5, 5.41) is 10.8. The fraction of sp³-hybridized carbons (Fsp3) is 0.143. The Morgan fingerprint density at radius 2 is 2.10 bits per heavy atom. The second-order valence-electron chi connectivity index (χ2n) is 4.04. The molecule has 0 aliphatic rings. The smallest absolute Gasteiger partial charge is 0.310 e. The van der Waals surface area contributed by atoms with Crippen LogP contribution in [0.4, 0.5) is 5.69 Å². The zero-order valence-electron chi connectivity index (χ0n) is 10.8. The van der Waals surface area contributed by atoms with E-state index < -0.39 is 4.92 Å². The Kier molecular flexibility index (Phi) is 4.05. The van der Waals surface area contributed by atoms with Crippen LogP contribution in [0, 0.1) is 10.1 Å². The van der Waals surface area contributed by atoms with Gasteiger partial charge in [0.15, 0.2) is 0 Å². The molecule has 0 N–H and O–H groups in total. The lowest BCUT2D eigenvalue weighted by atomic mass is 10.1. The van der Waals surface area contributed by atoms with Gasteiger partial charge in [-0.15, -0.1) is 0 Å². The molecule has 2 aromatic rings. The highest BCUT2D eigenvalue weighted by molar-refractivity contribution is 5.73. The molecule has 1 heterocycles. The van der Waals surface area contributed by atoms with Crippen molar-refractivity contribution >= 4 is 11.7 Å². The van der Waals surface area contributed by atoms with E-state index in [1.54, 1.807) is 31.3 Å². The third-order valence-corrected chi connectivity index (χ3v) is 2.62. The monoisotopic (exact) mass is 272 g/mol. The molecular weight excluding hydrogens is 260 g/mol. The number of nitrogens with zero attached hydrogens (tertiary/aromatic N) is 2. The molecule has 1 aromatic carbocycles. The van der Waals surface area contributed by atoms with Gasteiger partial charge < -0.3 is 4.74 Å². The van der Waals surface area contributed by atoms with E-state index >= 15 is 0 Å². The van der Waals surface area contributed by atoms with Gasteiger partial charge in [-0.3, -0.25) is 19.9 Å². The molecule has 0 saturated carbocycles. The maximum absolute atomic E-state index is 11.2. The van der Waals surface area contributed by atoms with Gasteiger partial charge in [0.25, 0.3) is 5.69 Å². The average molecular weight is 272 g/mol. The summed E-state index contributed by atoms with van der Waals surface area (Å²) in [6, 6.07) is 7.81. The van der Waals surface area contributed by atoms with Crippen molar-refractivity contribution in [1.29, 1.82) is 0 Å². The van der Waals surface area contributed by atoms with Crippen LogP contribution >= 0.6 is 0 Å². The van der Waals surface area contributed by atoms with E-state index in [1.165, 1.54) is 18.3 Å². The number of hydrogen-bond donors (Lipinski definition) is 0. The fourth-order valence-electron chi connectivity index (χ4n) is 1.64. The first-order valence-corrected chi connectivity index (χ1v) is 6.00. The Labute approximate surface area is 115 Å². The van der Waals surface area contributed by atoms with Gasteiger partial charge in [-0.1, -0.05) is 19.1 Å². The van der Waals surface area contributed by atoms with Crippen molar-refractivity contribution in [2.24, 2.45) is 0 Å². The number of non-ortho nitro benzene ring substituents is 1. The van der Waals surface area contributed by atoms with Gasteiger partial charge >= 0.3 is 5.97 Å². The molecule has 0 atom stereocenters. The molecule has 0 saturated heterocycles. The number of hydrogen-bond acceptors (Lipinski definition) is 5. The maximum Gasteiger partial charge on any atom is 0.310 e. The number of rotatable bonds is 4. The summed E-state index contributed by atoms with van der Waals surface area (Å²) in [4.78, 5) is 25.5. The number of carbonyl (C=O) groups excluding carboxylic acids is 1. The summed E-state index contributed by atoms with van der Waals surface area (Å²) in [5.41, 5.74) is 1.29. The molecule has 0 spiro atoms. The van der Waals surface area contributed by atoms with Crippen molar-refractivity contribution in [2.45, 2.75) is 13.3 Å². The highest BCUT2D eigenvalue weighted by Gasteiger charge is 2.09. The van der Waals surface area contributed by atoms with Gasteiger partial charge in [-0.25, -0.2) is 0 Å². The molecule has 0 bridgehead atoms. The van der Waals surface area contributed by atoms with E-state index in [-0.39, 0.29) is 18.1 Å². The first-order chi connectivity index (χ1) is 9.60. The van der Waals surface area contributed by atoms with Gasteiger partial charge in [-0.2, -0.15) is 0 Å². The second-order valence-corrected chi connectivity index (χ2v) is 4.04. The predicted octanol–water partition coefficient (Wildman–Crippen LogP) is 2.97. The van der Waals surface area contributed by atoms with E-state index in [0.29, 0.717) is 16.9 Å². The molecule has 20 heavy (non-hydrogen) atoms. The van der Waals surface area contributed by atoms with Crippen LogP contribution in [0.5, 0.6) is 5.75 Å². The Balaban J connectivity index is 2.33. The van der Waals surface area contributed by atoms with Gasteiger partial charge in [0, 0.05) is 30.3 Å². The van der Waals surface area contributed by atoms with Crippen molar-refractivity contribution < 1.29 is 14.5 Å². The normalized spacial score (nSPS) is 10.1. The SMILES string of the molecule is CCC(=O)Oc1cncc(-c2cccc([N+](=O)[O-])c2)c1. The molecule has 102 valence electrons. The number of nitro benzene ring substituents is 1. The van der Waals surface area contributed by atoms with Crippen LogP contribution in [0.1, 0.15) is 13.3 Å². The summed E-state index contributed by atoms with van der Waals surface area (Å²) in [5.74, 6) is -0.0381. The number of nitro groups is 1. The van der Waals surface area contributed by atoms with Crippen molar-refractivity contribution in [3.8, 4) is 16.9 Å². The van der Waals surface area contributed by atoms with E-state index in [4.69, 9.17) is 4.74 Å². The van der Waals surface area contributed by atoms with Gasteiger partial charge in [-0.05, 0) is 11.6 Å². The van der Waals surface area contributed by atoms with Gasteiger partial charge in [0.2, 0.25) is 0 Å². The summed E-state index contributed by atoms with van der Waals surface area (Å²) in [6.45, 7) is 1.69. The van der Waals surface area contributed by atoms with Crippen LogP contribution in [0.2, 0.25) is 0 Å². The molecular formula is C14H12N2O4. The minimum Gasteiger partial charge on any atom is -0.425 e. The van der Waals surface area contributed by atoms with Crippen molar-refractivity contribution in [1.82, 2.24) is 4.98 Å². The third kappa shape index (κ3) is 3.17. The lowest BCUT2D eigenvalue weighted by Crippen LogP contribution is -2.05. The first kappa shape index (κ1) is 13.7. The number of carbonyl (C=O) groups is 1. The van der Waals surface area contributed by atoms with Crippen molar-refractivity contribution in [3.05, 3.63) is 52.8 Å². The zero-order chi connectivity index (χ0) is 14.5. The Morgan fingerprint density at radius 1 is 1.30 bits per heavy atom. The molecule has 0 amide bonds. The first-order valence-electron chi connectivity index (χ1n) is 6.00. The van der Waals surface area contributed by atoms with Crippen LogP contribution in [0.25, 0.3) is 11.1 Å². The van der Waals surface area contributed by atoms with Gasteiger partial charge in [0.1, 0.15) is 5.75 Å². The molecule has 0 aliphatic carbocycles. The Hall–Kier alpha value is -2.76. The minimum atomic E-state index is -0.460. The Bertz CT molecular complexity index is 655. The van der Waals surface area contributed by atoms with Crippen LogP contribution < -0.4 is 4.74 Å². The van der Waals surface area contributed by atoms with E-state index in [2.05, 4.69) is 4.98 Å². The molecule has 0 unspecified atom stereocenters. The number of ether oxygens (including phenoxy) is 1. The van der Waals surface area contributed by atoms with Crippen molar-refractivity contribution in [3.63, 3.8) is 0 Å². The number of aromatic nitrogens is 1. The summed E-state index contributed by atoms with van der Waals surface area (Å²) in [7, 11) is 0.